The van der Waals surface area contributed by atoms with Gasteiger partial charge in [-0.3, -0.25) is 4.79 Å². The third-order valence-electron chi connectivity index (χ3n) is 5.34. The number of hydrogen-bond donors (Lipinski definition) is 2. The number of aromatic nitrogens is 4. The third kappa shape index (κ3) is 4.38. The molecule has 3 heterocycles. The van der Waals surface area contributed by atoms with E-state index in [4.69, 9.17) is 0 Å². The zero-order valence-electron chi connectivity index (χ0n) is 17.3. The molecule has 170 valence electrons. The molecule has 1 fully saturated rings. The molecule has 0 aliphatic carbocycles. The Kier molecular flexibility index (Phi) is 5.23. The number of carbonyl (C=O) groups is 1. The van der Waals surface area contributed by atoms with Gasteiger partial charge in [0.2, 0.25) is 11.9 Å². The van der Waals surface area contributed by atoms with Gasteiger partial charge in [-0.2, -0.15) is 4.52 Å². The van der Waals surface area contributed by atoms with Crippen LogP contribution in [0.15, 0.2) is 48.5 Å². The quantitative estimate of drug-likeness (QED) is 0.484. The fraction of sp³-hybridized carbons (Fsp3) is 0.273. The number of halogens is 3. The molecule has 1 saturated heterocycles. The van der Waals surface area contributed by atoms with Crippen molar-refractivity contribution in [2.45, 2.75) is 31.7 Å². The molecule has 2 N–H and O–H groups in total. The Labute approximate surface area is 185 Å². The molecule has 1 atom stereocenters. The first-order chi connectivity index (χ1) is 15.9. The summed E-state index contributed by atoms with van der Waals surface area (Å²) in [5.41, 5.74) is 1.46. The largest absolute Gasteiger partial charge is 0.573 e. The van der Waals surface area contributed by atoms with Crippen LogP contribution in [0.2, 0.25) is 0 Å². The molecule has 2 aromatic heterocycles. The van der Waals surface area contributed by atoms with Crippen molar-refractivity contribution in [1.82, 2.24) is 24.9 Å². The van der Waals surface area contributed by atoms with Gasteiger partial charge in [-0.25, -0.2) is 9.97 Å². The SMILES string of the molecule is O=C1NCCCC[C@@H]1Nc1nc2ccccc2c2nc(-c3cccc(OC(F)(F)F)c3)nn12. The van der Waals surface area contributed by atoms with Crippen LogP contribution in [0.3, 0.4) is 0 Å². The van der Waals surface area contributed by atoms with Crippen molar-refractivity contribution in [2.24, 2.45) is 0 Å². The van der Waals surface area contributed by atoms with Crippen molar-refractivity contribution in [2.75, 3.05) is 11.9 Å². The average Bonchev–Trinajstić information content (AvgIpc) is 3.13. The highest BCUT2D eigenvalue weighted by Crippen LogP contribution is 2.29. The van der Waals surface area contributed by atoms with E-state index in [1.165, 1.54) is 22.7 Å². The number of rotatable bonds is 4. The Morgan fingerprint density at radius 1 is 1.09 bits per heavy atom. The summed E-state index contributed by atoms with van der Waals surface area (Å²) in [5.74, 6) is 0.0459. The first-order valence-electron chi connectivity index (χ1n) is 10.4. The highest BCUT2D eigenvalue weighted by molar-refractivity contribution is 5.93. The molecule has 2 aromatic carbocycles. The first kappa shape index (κ1) is 21.0. The molecule has 1 amide bonds. The van der Waals surface area contributed by atoms with E-state index in [2.05, 4.69) is 30.4 Å². The Hall–Kier alpha value is -3.89. The molecular weight excluding hydrogens is 437 g/mol. The maximum absolute atomic E-state index is 12.6. The van der Waals surface area contributed by atoms with E-state index >= 15 is 0 Å². The van der Waals surface area contributed by atoms with E-state index in [9.17, 15) is 18.0 Å². The Bertz CT molecular complexity index is 1340. The summed E-state index contributed by atoms with van der Waals surface area (Å²) in [6, 6.07) is 12.3. The van der Waals surface area contributed by atoms with Crippen molar-refractivity contribution in [3.63, 3.8) is 0 Å². The summed E-state index contributed by atoms with van der Waals surface area (Å²) in [4.78, 5) is 21.7. The monoisotopic (exact) mass is 456 g/mol. The van der Waals surface area contributed by atoms with Gasteiger partial charge in [0.1, 0.15) is 11.8 Å². The van der Waals surface area contributed by atoms with E-state index in [0.717, 1.165) is 18.2 Å². The molecule has 0 radical (unpaired) electrons. The van der Waals surface area contributed by atoms with Crippen molar-refractivity contribution in [3.8, 4) is 17.1 Å². The number of fused-ring (bicyclic) bond motifs is 3. The lowest BCUT2D eigenvalue weighted by Crippen LogP contribution is -2.38. The molecule has 0 unspecified atom stereocenters. The van der Waals surface area contributed by atoms with Crippen molar-refractivity contribution in [3.05, 3.63) is 48.5 Å². The lowest BCUT2D eigenvalue weighted by Gasteiger charge is -2.16. The minimum absolute atomic E-state index is 0.118. The number of nitrogens with zero attached hydrogens (tertiary/aromatic N) is 4. The fourth-order valence-corrected chi connectivity index (χ4v) is 3.84. The van der Waals surface area contributed by atoms with Crippen LogP contribution >= 0.6 is 0 Å². The molecule has 8 nitrogen and oxygen atoms in total. The Balaban J connectivity index is 1.60. The summed E-state index contributed by atoms with van der Waals surface area (Å²) >= 11 is 0. The number of carbonyl (C=O) groups excluding carboxylic acids is 1. The second-order valence-electron chi connectivity index (χ2n) is 7.68. The van der Waals surface area contributed by atoms with Crippen molar-refractivity contribution >= 4 is 28.4 Å². The van der Waals surface area contributed by atoms with E-state index in [1.807, 2.05) is 24.3 Å². The summed E-state index contributed by atoms with van der Waals surface area (Å²) in [5, 5.41) is 11.3. The van der Waals surface area contributed by atoms with Crippen LogP contribution in [0.5, 0.6) is 5.75 Å². The van der Waals surface area contributed by atoms with Crippen LogP contribution in [-0.4, -0.2) is 44.4 Å². The molecule has 1 aliphatic rings. The van der Waals surface area contributed by atoms with Crippen LogP contribution in [0, 0.1) is 0 Å². The second-order valence-corrected chi connectivity index (χ2v) is 7.68. The predicted octanol–water partition coefficient (Wildman–Crippen LogP) is 3.92. The molecule has 1 aliphatic heterocycles. The van der Waals surface area contributed by atoms with Crippen molar-refractivity contribution in [1.29, 1.82) is 0 Å². The summed E-state index contributed by atoms with van der Waals surface area (Å²) in [7, 11) is 0. The summed E-state index contributed by atoms with van der Waals surface area (Å²) in [6.07, 6.45) is -2.39. The molecule has 33 heavy (non-hydrogen) atoms. The first-order valence-corrected chi connectivity index (χ1v) is 10.4. The summed E-state index contributed by atoms with van der Waals surface area (Å²) in [6.45, 7) is 0.626. The average molecular weight is 456 g/mol. The number of benzene rings is 2. The van der Waals surface area contributed by atoms with Gasteiger partial charge >= 0.3 is 6.36 Å². The van der Waals surface area contributed by atoms with Crippen LogP contribution in [0.4, 0.5) is 19.1 Å². The molecule has 5 rings (SSSR count). The standard InChI is InChI=1S/C22H19F3N6O2/c23-22(24,25)33-14-7-5-6-13(12-14)18-29-19-15-8-1-2-9-16(15)27-21(31(19)30-18)28-17-10-3-4-11-26-20(17)32/h1-2,5-9,12,17H,3-4,10-11H2,(H,26,32)(H,27,28)/t17-/m0/s1. The number of hydrogen-bond acceptors (Lipinski definition) is 6. The zero-order valence-corrected chi connectivity index (χ0v) is 17.3. The van der Waals surface area contributed by atoms with Gasteiger partial charge in [0.15, 0.2) is 11.5 Å². The molecule has 0 bridgehead atoms. The van der Waals surface area contributed by atoms with Gasteiger partial charge in [0, 0.05) is 17.5 Å². The van der Waals surface area contributed by atoms with Crippen LogP contribution in [0.25, 0.3) is 27.9 Å². The number of para-hydroxylation sites is 1. The van der Waals surface area contributed by atoms with E-state index < -0.39 is 12.4 Å². The Morgan fingerprint density at radius 2 is 1.94 bits per heavy atom. The maximum Gasteiger partial charge on any atom is 0.573 e. The number of nitrogens with one attached hydrogen (secondary N) is 2. The van der Waals surface area contributed by atoms with Gasteiger partial charge < -0.3 is 15.4 Å². The van der Waals surface area contributed by atoms with Gasteiger partial charge in [0.05, 0.1) is 5.52 Å². The number of anilines is 1. The molecule has 4 aromatic rings. The third-order valence-corrected chi connectivity index (χ3v) is 5.34. The number of amides is 1. The topological polar surface area (TPSA) is 93.4 Å². The van der Waals surface area contributed by atoms with Crippen LogP contribution in [-0.2, 0) is 4.79 Å². The predicted molar refractivity (Wildman–Crippen MR) is 115 cm³/mol. The highest BCUT2D eigenvalue weighted by Gasteiger charge is 2.31. The van der Waals surface area contributed by atoms with Crippen molar-refractivity contribution < 1.29 is 22.7 Å². The van der Waals surface area contributed by atoms with E-state index in [1.54, 1.807) is 6.07 Å². The van der Waals surface area contributed by atoms with Gasteiger partial charge in [0.25, 0.3) is 0 Å². The molecular formula is C22H19F3N6O2. The van der Waals surface area contributed by atoms with Crippen LogP contribution in [0.1, 0.15) is 19.3 Å². The lowest BCUT2D eigenvalue weighted by atomic mass is 10.1. The van der Waals surface area contributed by atoms with Gasteiger partial charge in [-0.05, 0) is 43.5 Å². The van der Waals surface area contributed by atoms with E-state index in [0.29, 0.717) is 35.6 Å². The summed E-state index contributed by atoms with van der Waals surface area (Å²) < 4.78 is 43.4. The molecule has 0 spiro atoms. The van der Waals surface area contributed by atoms with Crippen LogP contribution < -0.4 is 15.4 Å². The minimum Gasteiger partial charge on any atom is -0.406 e. The second kappa shape index (κ2) is 8.23. The minimum atomic E-state index is -4.80. The maximum atomic E-state index is 12.6. The Morgan fingerprint density at radius 3 is 2.79 bits per heavy atom. The number of alkyl halides is 3. The molecule has 11 heteroatoms. The highest BCUT2D eigenvalue weighted by atomic mass is 19.4. The smallest absolute Gasteiger partial charge is 0.406 e. The fourth-order valence-electron chi connectivity index (χ4n) is 3.84. The molecule has 0 saturated carbocycles. The van der Waals surface area contributed by atoms with Gasteiger partial charge in [-0.1, -0.05) is 24.3 Å². The normalized spacial score (nSPS) is 17.1. The zero-order chi connectivity index (χ0) is 23.0. The number of ether oxygens (including phenoxy) is 1. The van der Waals surface area contributed by atoms with E-state index in [-0.39, 0.29) is 17.5 Å². The van der Waals surface area contributed by atoms with Gasteiger partial charge in [-0.15, -0.1) is 18.3 Å². The lowest BCUT2D eigenvalue weighted by molar-refractivity contribution is -0.274.